The normalized spacial score (nSPS) is 11.5. The van der Waals surface area contributed by atoms with Crippen LogP contribution in [0.2, 0.25) is 0 Å². The molecule has 0 fully saturated rings. The van der Waals surface area contributed by atoms with Gasteiger partial charge in [-0.25, -0.2) is 0 Å². The van der Waals surface area contributed by atoms with Gasteiger partial charge in [-0.3, -0.25) is 0 Å². The minimum atomic E-state index is 0.0960. The summed E-state index contributed by atoms with van der Waals surface area (Å²) in [6.45, 7) is 0.0960. The Labute approximate surface area is 108 Å². The van der Waals surface area contributed by atoms with Crippen molar-refractivity contribution in [1.82, 2.24) is 0 Å². The molecule has 0 atom stereocenters. The summed E-state index contributed by atoms with van der Waals surface area (Å²) in [6, 6.07) is 20.6. The van der Waals surface area contributed by atoms with E-state index in [1.54, 1.807) is 0 Å². The van der Waals surface area contributed by atoms with Crippen molar-refractivity contribution in [2.75, 3.05) is 6.61 Å². The quantitative estimate of drug-likeness (QED) is 0.854. The van der Waals surface area contributed by atoms with E-state index in [0.717, 1.165) is 0 Å². The Morgan fingerprint density at radius 3 is 2.12 bits per heavy atom. The standard InChI is InChI=1S/C15H14OSe/c16-12-11-15(13-7-3-1-4-8-13)17-14-9-5-2-6-10-14/h1-11,16H,12H2/b15-11+. The van der Waals surface area contributed by atoms with E-state index in [4.69, 9.17) is 5.11 Å². The summed E-state index contributed by atoms with van der Waals surface area (Å²) >= 11 is 0.241. The SMILES string of the molecule is OC/C=C(/[Se]c1ccccc1)c1ccccc1. The first-order valence-electron chi connectivity index (χ1n) is 5.49. The number of aliphatic hydroxyl groups excluding tert-OH is 1. The second-order valence-corrected chi connectivity index (χ2v) is 5.87. The van der Waals surface area contributed by atoms with E-state index >= 15 is 0 Å². The third-order valence-electron chi connectivity index (χ3n) is 2.31. The molecule has 2 rings (SSSR count). The maximum absolute atomic E-state index is 9.11. The van der Waals surface area contributed by atoms with Crippen LogP contribution in [0.4, 0.5) is 0 Å². The summed E-state index contributed by atoms with van der Waals surface area (Å²) in [5.41, 5.74) is 1.20. The fraction of sp³-hybridized carbons (Fsp3) is 0.0667. The summed E-state index contributed by atoms with van der Waals surface area (Å²) in [5, 5.41) is 9.11. The molecule has 0 unspecified atom stereocenters. The van der Waals surface area contributed by atoms with Gasteiger partial charge in [-0.15, -0.1) is 0 Å². The predicted molar refractivity (Wildman–Crippen MR) is 73.3 cm³/mol. The van der Waals surface area contributed by atoms with Crippen molar-refractivity contribution in [3.63, 3.8) is 0 Å². The molecule has 1 nitrogen and oxygen atoms in total. The van der Waals surface area contributed by atoms with Gasteiger partial charge in [-0.05, 0) is 0 Å². The molecule has 0 radical (unpaired) electrons. The number of aliphatic hydroxyl groups is 1. The molecule has 0 saturated carbocycles. The van der Waals surface area contributed by atoms with Gasteiger partial charge in [0.1, 0.15) is 0 Å². The van der Waals surface area contributed by atoms with Crippen molar-refractivity contribution in [2.45, 2.75) is 0 Å². The van der Waals surface area contributed by atoms with Gasteiger partial charge in [-0.2, -0.15) is 0 Å². The average Bonchev–Trinajstić information content (AvgIpc) is 2.40. The molecule has 0 aliphatic carbocycles. The van der Waals surface area contributed by atoms with Crippen LogP contribution >= 0.6 is 0 Å². The van der Waals surface area contributed by atoms with E-state index in [-0.39, 0.29) is 21.6 Å². The zero-order chi connectivity index (χ0) is 11.9. The van der Waals surface area contributed by atoms with Crippen LogP contribution < -0.4 is 4.46 Å². The maximum atomic E-state index is 9.11. The Morgan fingerprint density at radius 1 is 0.941 bits per heavy atom. The molecule has 2 aromatic rings. The Balaban J connectivity index is 2.23. The first kappa shape index (κ1) is 12.1. The third-order valence-corrected chi connectivity index (χ3v) is 4.68. The van der Waals surface area contributed by atoms with Crippen molar-refractivity contribution < 1.29 is 5.11 Å². The Bertz CT molecular complexity index is 477. The van der Waals surface area contributed by atoms with Gasteiger partial charge in [-0.1, -0.05) is 0 Å². The van der Waals surface area contributed by atoms with Gasteiger partial charge in [0, 0.05) is 0 Å². The van der Waals surface area contributed by atoms with Crippen molar-refractivity contribution in [1.29, 1.82) is 0 Å². The van der Waals surface area contributed by atoms with Crippen LogP contribution in [-0.2, 0) is 0 Å². The molecule has 0 aliphatic heterocycles. The predicted octanol–water partition coefficient (Wildman–Crippen LogP) is 2.05. The van der Waals surface area contributed by atoms with Crippen LogP contribution in [0.3, 0.4) is 0 Å². The zero-order valence-electron chi connectivity index (χ0n) is 9.41. The monoisotopic (exact) mass is 290 g/mol. The first-order chi connectivity index (χ1) is 8.40. The molecular formula is C15H14OSe. The molecule has 0 aliphatic rings. The van der Waals surface area contributed by atoms with E-state index in [1.807, 2.05) is 30.3 Å². The minimum absolute atomic E-state index is 0.0960. The summed E-state index contributed by atoms with van der Waals surface area (Å²) in [6.07, 6.45) is 1.91. The molecule has 0 heterocycles. The van der Waals surface area contributed by atoms with Crippen molar-refractivity contribution in [3.8, 4) is 0 Å². The molecule has 0 bridgehead atoms. The number of hydrogen-bond acceptors (Lipinski definition) is 1. The molecule has 2 aromatic carbocycles. The van der Waals surface area contributed by atoms with Crippen LogP contribution in [-0.4, -0.2) is 26.7 Å². The van der Waals surface area contributed by atoms with Crippen LogP contribution in [0.1, 0.15) is 5.56 Å². The Morgan fingerprint density at radius 2 is 1.53 bits per heavy atom. The molecule has 0 amide bonds. The molecule has 0 spiro atoms. The molecule has 86 valence electrons. The van der Waals surface area contributed by atoms with Gasteiger partial charge in [0.15, 0.2) is 0 Å². The van der Waals surface area contributed by atoms with E-state index in [0.29, 0.717) is 0 Å². The molecule has 17 heavy (non-hydrogen) atoms. The zero-order valence-corrected chi connectivity index (χ0v) is 11.1. The summed E-state index contributed by atoms with van der Waals surface area (Å²) < 4.78 is 2.55. The second-order valence-electron chi connectivity index (χ2n) is 3.53. The fourth-order valence-electron chi connectivity index (χ4n) is 1.52. The summed E-state index contributed by atoms with van der Waals surface area (Å²) in [5.74, 6) is 0. The van der Waals surface area contributed by atoms with Gasteiger partial charge in [0.25, 0.3) is 0 Å². The van der Waals surface area contributed by atoms with E-state index in [2.05, 4.69) is 36.4 Å². The van der Waals surface area contributed by atoms with Crippen molar-refractivity contribution in [2.24, 2.45) is 0 Å². The third kappa shape index (κ3) is 3.57. The summed E-state index contributed by atoms with van der Waals surface area (Å²) in [7, 11) is 0. The van der Waals surface area contributed by atoms with E-state index in [1.165, 1.54) is 14.5 Å². The average molecular weight is 289 g/mol. The number of benzene rings is 2. The van der Waals surface area contributed by atoms with E-state index in [9.17, 15) is 0 Å². The van der Waals surface area contributed by atoms with Gasteiger partial charge >= 0.3 is 108 Å². The van der Waals surface area contributed by atoms with Crippen LogP contribution in [0.25, 0.3) is 4.47 Å². The Kier molecular flexibility index (Phi) is 4.57. The van der Waals surface area contributed by atoms with Crippen molar-refractivity contribution in [3.05, 3.63) is 72.3 Å². The van der Waals surface area contributed by atoms with Gasteiger partial charge in [0.2, 0.25) is 0 Å². The topological polar surface area (TPSA) is 20.2 Å². The van der Waals surface area contributed by atoms with Crippen LogP contribution in [0, 0.1) is 0 Å². The van der Waals surface area contributed by atoms with Gasteiger partial charge in [0.05, 0.1) is 0 Å². The number of rotatable bonds is 4. The molecule has 1 N–H and O–H groups in total. The first-order valence-corrected chi connectivity index (χ1v) is 7.21. The number of hydrogen-bond donors (Lipinski definition) is 1. The van der Waals surface area contributed by atoms with Crippen LogP contribution in [0.15, 0.2) is 66.7 Å². The second kappa shape index (κ2) is 6.41. The van der Waals surface area contributed by atoms with E-state index < -0.39 is 0 Å². The fourth-order valence-corrected chi connectivity index (χ4v) is 3.53. The van der Waals surface area contributed by atoms with Crippen LogP contribution in [0.5, 0.6) is 0 Å². The Hall–Kier alpha value is -1.34. The molecular weight excluding hydrogens is 275 g/mol. The molecule has 0 saturated heterocycles. The molecule has 0 aromatic heterocycles. The summed E-state index contributed by atoms with van der Waals surface area (Å²) in [4.78, 5) is 0. The van der Waals surface area contributed by atoms with Crippen molar-refractivity contribution >= 4 is 23.9 Å². The molecule has 2 heteroatoms. The van der Waals surface area contributed by atoms with Gasteiger partial charge < -0.3 is 0 Å².